The normalized spacial score (nSPS) is 16.1. The van der Waals surface area contributed by atoms with Gasteiger partial charge in [0.25, 0.3) is 0 Å². The fourth-order valence-corrected chi connectivity index (χ4v) is 3.23. The summed E-state index contributed by atoms with van der Waals surface area (Å²) in [6, 6.07) is 11.2. The zero-order chi connectivity index (χ0) is 20.5. The minimum Gasteiger partial charge on any atom is -0.475 e. The van der Waals surface area contributed by atoms with Crippen LogP contribution in [0.4, 0.5) is 13.2 Å². The molecule has 0 fully saturated rings. The summed E-state index contributed by atoms with van der Waals surface area (Å²) in [5, 5.41) is 0. The van der Waals surface area contributed by atoms with Gasteiger partial charge in [-0.25, -0.2) is 4.79 Å². The van der Waals surface area contributed by atoms with E-state index in [1.54, 1.807) is 12.1 Å². The van der Waals surface area contributed by atoms with Crippen LogP contribution in [0.5, 0.6) is 5.75 Å². The largest absolute Gasteiger partial charge is 0.475 e. The van der Waals surface area contributed by atoms with Gasteiger partial charge < -0.3 is 9.47 Å². The lowest BCUT2D eigenvalue weighted by Gasteiger charge is -2.28. The second kappa shape index (κ2) is 7.70. The van der Waals surface area contributed by atoms with Gasteiger partial charge in [0.15, 0.2) is 0 Å². The molecule has 0 saturated heterocycles. The van der Waals surface area contributed by atoms with E-state index in [1.165, 1.54) is 13.0 Å². The molecular weight excluding hydrogens is 369 g/mol. The summed E-state index contributed by atoms with van der Waals surface area (Å²) in [6.45, 7) is 5.54. The van der Waals surface area contributed by atoms with Gasteiger partial charge in [-0.05, 0) is 56.0 Å². The third kappa shape index (κ3) is 4.21. The number of alkyl halides is 3. The first-order valence-electron chi connectivity index (χ1n) is 9.00. The van der Waals surface area contributed by atoms with Crippen LogP contribution in [0.3, 0.4) is 0 Å². The molecule has 3 nitrogen and oxygen atoms in total. The van der Waals surface area contributed by atoms with Crippen LogP contribution >= 0.6 is 0 Å². The van der Waals surface area contributed by atoms with Gasteiger partial charge in [-0.1, -0.05) is 35.9 Å². The van der Waals surface area contributed by atoms with Crippen LogP contribution in [0, 0.1) is 13.8 Å². The Hall–Kier alpha value is -2.76. The topological polar surface area (TPSA) is 35.5 Å². The first-order valence-corrected chi connectivity index (χ1v) is 9.00. The second-order valence-corrected chi connectivity index (χ2v) is 6.84. The Bertz CT molecular complexity index is 929. The molecule has 0 aromatic heterocycles. The Balaban J connectivity index is 1.94. The molecule has 1 aliphatic heterocycles. The number of esters is 1. The van der Waals surface area contributed by atoms with Crippen LogP contribution in [0.2, 0.25) is 0 Å². The van der Waals surface area contributed by atoms with Gasteiger partial charge >= 0.3 is 12.1 Å². The number of rotatable bonds is 4. The van der Waals surface area contributed by atoms with Gasteiger partial charge in [0.05, 0.1) is 12.2 Å². The SMILES string of the molecule is CCOC(=O)C1=Cc2ccc(Cc3ccc(C)cc3C)cc2OC1C(F)(F)F. The molecule has 3 rings (SSSR count). The van der Waals surface area contributed by atoms with E-state index in [1.807, 2.05) is 32.0 Å². The van der Waals surface area contributed by atoms with Crippen LogP contribution in [0.1, 0.15) is 34.7 Å². The lowest BCUT2D eigenvalue weighted by Crippen LogP contribution is -2.40. The molecule has 0 spiro atoms. The van der Waals surface area contributed by atoms with Crippen molar-refractivity contribution in [1.29, 1.82) is 0 Å². The molecule has 1 unspecified atom stereocenters. The maximum atomic E-state index is 13.5. The van der Waals surface area contributed by atoms with Crippen molar-refractivity contribution in [3.8, 4) is 5.75 Å². The average Bonchev–Trinajstić information content (AvgIpc) is 2.62. The number of halogens is 3. The molecule has 1 aliphatic rings. The van der Waals surface area contributed by atoms with E-state index in [2.05, 4.69) is 6.07 Å². The van der Waals surface area contributed by atoms with Crippen molar-refractivity contribution in [2.24, 2.45) is 0 Å². The van der Waals surface area contributed by atoms with Crippen molar-refractivity contribution in [1.82, 2.24) is 0 Å². The Labute approximate surface area is 161 Å². The molecule has 0 aliphatic carbocycles. The zero-order valence-electron chi connectivity index (χ0n) is 15.9. The number of benzene rings is 2. The first kappa shape index (κ1) is 20.0. The van der Waals surface area contributed by atoms with Gasteiger partial charge in [0, 0.05) is 5.56 Å². The highest BCUT2D eigenvalue weighted by atomic mass is 19.4. The third-order valence-corrected chi connectivity index (χ3v) is 4.62. The van der Waals surface area contributed by atoms with Crippen LogP contribution < -0.4 is 4.74 Å². The Morgan fingerprint density at radius 2 is 1.89 bits per heavy atom. The average molecular weight is 390 g/mol. The Kier molecular flexibility index (Phi) is 5.49. The number of aryl methyl sites for hydroxylation is 2. The zero-order valence-corrected chi connectivity index (χ0v) is 15.9. The van der Waals surface area contributed by atoms with E-state index in [0.717, 1.165) is 22.3 Å². The first-order chi connectivity index (χ1) is 13.2. The van der Waals surface area contributed by atoms with E-state index < -0.39 is 23.8 Å². The fraction of sp³-hybridized carbons (Fsp3) is 0.318. The summed E-state index contributed by atoms with van der Waals surface area (Å²) in [6.07, 6.45) is -5.28. The maximum absolute atomic E-state index is 13.5. The Morgan fingerprint density at radius 1 is 1.14 bits per heavy atom. The molecule has 0 bridgehead atoms. The molecule has 2 aromatic carbocycles. The molecule has 28 heavy (non-hydrogen) atoms. The van der Waals surface area contributed by atoms with Gasteiger partial charge in [0.1, 0.15) is 5.75 Å². The number of ether oxygens (including phenoxy) is 2. The van der Waals surface area contributed by atoms with E-state index in [9.17, 15) is 18.0 Å². The molecule has 0 N–H and O–H groups in total. The summed E-state index contributed by atoms with van der Waals surface area (Å²) in [4.78, 5) is 12.0. The van der Waals surface area contributed by atoms with Crippen molar-refractivity contribution in [2.75, 3.05) is 6.61 Å². The number of hydrogen-bond donors (Lipinski definition) is 0. The highest BCUT2D eigenvalue weighted by molar-refractivity contribution is 5.96. The van der Waals surface area contributed by atoms with Crippen molar-refractivity contribution in [3.05, 3.63) is 69.8 Å². The molecule has 1 heterocycles. The number of carbonyl (C=O) groups is 1. The van der Waals surface area contributed by atoms with Gasteiger partial charge in [0.2, 0.25) is 6.10 Å². The molecule has 6 heteroatoms. The quantitative estimate of drug-likeness (QED) is 0.676. The van der Waals surface area contributed by atoms with Crippen molar-refractivity contribution in [3.63, 3.8) is 0 Å². The predicted molar refractivity (Wildman–Crippen MR) is 100 cm³/mol. The monoisotopic (exact) mass is 390 g/mol. The molecule has 0 saturated carbocycles. The summed E-state index contributed by atoms with van der Waals surface area (Å²) in [5.41, 5.74) is 4.09. The lowest BCUT2D eigenvalue weighted by molar-refractivity contribution is -0.187. The predicted octanol–water partition coefficient (Wildman–Crippen LogP) is 5.16. The van der Waals surface area contributed by atoms with Crippen molar-refractivity contribution < 1.29 is 27.4 Å². The van der Waals surface area contributed by atoms with E-state index in [4.69, 9.17) is 9.47 Å². The fourth-order valence-electron chi connectivity index (χ4n) is 3.23. The summed E-state index contributed by atoms with van der Waals surface area (Å²) in [7, 11) is 0. The van der Waals surface area contributed by atoms with Crippen LogP contribution in [-0.2, 0) is 16.0 Å². The third-order valence-electron chi connectivity index (χ3n) is 4.62. The van der Waals surface area contributed by atoms with Gasteiger partial charge in [-0.3, -0.25) is 0 Å². The van der Waals surface area contributed by atoms with Crippen molar-refractivity contribution in [2.45, 2.75) is 39.5 Å². The second-order valence-electron chi connectivity index (χ2n) is 6.84. The standard InChI is InChI=1S/C22H21F3O3/c1-4-27-21(26)18-12-17-8-6-15(10-16-7-5-13(2)9-14(16)3)11-19(17)28-20(18)22(23,24)25/h5-9,11-12,20H,4,10H2,1-3H3. The molecule has 1 atom stereocenters. The smallest absolute Gasteiger partial charge is 0.430 e. The van der Waals surface area contributed by atoms with Crippen molar-refractivity contribution >= 4 is 12.0 Å². The minimum absolute atomic E-state index is 0.0115. The number of carbonyl (C=O) groups excluding carboxylic acids is 1. The number of fused-ring (bicyclic) bond motifs is 1. The van der Waals surface area contributed by atoms with E-state index in [-0.39, 0.29) is 12.4 Å². The lowest BCUT2D eigenvalue weighted by atomic mass is 9.96. The molecular formula is C22H21F3O3. The summed E-state index contributed by atoms with van der Waals surface area (Å²) < 4.78 is 50.3. The highest BCUT2D eigenvalue weighted by Gasteiger charge is 2.48. The Morgan fingerprint density at radius 3 is 2.54 bits per heavy atom. The molecule has 148 valence electrons. The highest BCUT2D eigenvalue weighted by Crippen LogP contribution is 2.38. The molecule has 0 amide bonds. The van der Waals surface area contributed by atoms with E-state index in [0.29, 0.717) is 12.0 Å². The van der Waals surface area contributed by atoms with E-state index >= 15 is 0 Å². The van der Waals surface area contributed by atoms with Gasteiger partial charge in [-0.15, -0.1) is 0 Å². The van der Waals surface area contributed by atoms with Crippen LogP contribution in [0.25, 0.3) is 6.08 Å². The van der Waals surface area contributed by atoms with Crippen LogP contribution in [-0.4, -0.2) is 24.9 Å². The molecule has 0 radical (unpaired) electrons. The summed E-state index contributed by atoms with van der Waals surface area (Å²) >= 11 is 0. The summed E-state index contributed by atoms with van der Waals surface area (Å²) in [5.74, 6) is -0.910. The van der Waals surface area contributed by atoms with Crippen LogP contribution in [0.15, 0.2) is 42.0 Å². The minimum atomic E-state index is -4.72. The van der Waals surface area contributed by atoms with Gasteiger partial charge in [-0.2, -0.15) is 13.2 Å². The maximum Gasteiger partial charge on any atom is 0.430 e. The number of hydrogen-bond acceptors (Lipinski definition) is 3. The molecule has 2 aromatic rings.